The van der Waals surface area contributed by atoms with Gasteiger partial charge in [0.1, 0.15) is 0 Å². The first-order chi connectivity index (χ1) is 13.3. The van der Waals surface area contributed by atoms with E-state index in [4.69, 9.17) is 11.6 Å². The summed E-state index contributed by atoms with van der Waals surface area (Å²) in [7, 11) is -3.39. The van der Waals surface area contributed by atoms with E-state index in [1.165, 1.54) is 12.1 Å². The molecule has 0 atom stereocenters. The van der Waals surface area contributed by atoms with Crippen LogP contribution in [-0.2, 0) is 9.84 Å². The highest BCUT2D eigenvalue weighted by atomic mass is 35.5. The minimum atomic E-state index is -3.39. The molecule has 1 amide bonds. The van der Waals surface area contributed by atoms with Gasteiger partial charge in [0.2, 0.25) is 0 Å². The maximum atomic E-state index is 12.8. The van der Waals surface area contributed by atoms with Crippen molar-refractivity contribution < 1.29 is 13.2 Å². The minimum absolute atomic E-state index is 0.113. The monoisotopic (exact) mass is 421 g/mol. The fourth-order valence-corrected chi connectivity index (χ4v) is 4.09. The highest BCUT2D eigenvalue weighted by Crippen LogP contribution is 2.30. The van der Waals surface area contributed by atoms with Crippen molar-refractivity contribution in [2.45, 2.75) is 11.8 Å². The van der Waals surface area contributed by atoms with Gasteiger partial charge in [-0.05, 0) is 42.9 Å². The molecule has 2 aromatic carbocycles. The number of carbonyl (C=O) groups excluding carboxylic acids is 1. The van der Waals surface area contributed by atoms with Crippen molar-refractivity contribution in [2.24, 2.45) is 0 Å². The van der Waals surface area contributed by atoms with Crippen LogP contribution in [0.3, 0.4) is 0 Å². The molecule has 0 bridgehead atoms. The fraction of sp³-hybridized carbons (Fsp3) is 0.350. The van der Waals surface area contributed by atoms with E-state index in [2.05, 4.69) is 22.0 Å². The minimum Gasteiger partial charge on any atom is -0.367 e. The second-order valence-electron chi connectivity index (χ2n) is 6.84. The molecule has 0 radical (unpaired) electrons. The molecule has 6 nitrogen and oxygen atoms in total. The van der Waals surface area contributed by atoms with Gasteiger partial charge in [-0.2, -0.15) is 0 Å². The zero-order valence-electron chi connectivity index (χ0n) is 16.0. The summed E-state index contributed by atoms with van der Waals surface area (Å²) in [4.78, 5) is 17.5. The number of halogens is 1. The van der Waals surface area contributed by atoms with Crippen LogP contribution in [0.1, 0.15) is 17.3 Å². The number of likely N-dealkylation sites (N-methyl/N-ethyl adjacent to an activating group) is 1. The van der Waals surface area contributed by atoms with Crippen LogP contribution in [0.5, 0.6) is 0 Å². The predicted molar refractivity (Wildman–Crippen MR) is 113 cm³/mol. The standard InChI is InChI=1S/C20H24ClN3O3S/c1-3-23-9-11-24(12-10-23)19-8-7-16(21)14-18(19)22-20(25)15-5-4-6-17(13-15)28(2,26)27/h4-8,13-14H,3,9-12H2,1-2H3,(H,22,25). The Kier molecular flexibility index (Phi) is 6.27. The molecule has 3 rings (SSSR count). The van der Waals surface area contributed by atoms with Crippen molar-refractivity contribution in [3.8, 4) is 0 Å². The number of sulfone groups is 1. The van der Waals surface area contributed by atoms with Crippen LogP contribution in [0.2, 0.25) is 5.02 Å². The second-order valence-corrected chi connectivity index (χ2v) is 9.29. The summed E-state index contributed by atoms with van der Waals surface area (Å²) in [6, 6.07) is 11.5. The molecule has 1 fully saturated rings. The third-order valence-corrected chi connectivity index (χ3v) is 6.24. The highest BCUT2D eigenvalue weighted by molar-refractivity contribution is 7.90. The Hall–Kier alpha value is -2.09. The van der Waals surface area contributed by atoms with Gasteiger partial charge in [0.25, 0.3) is 5.91 Å². The summed E-state index contributed by atoms with van der Waals surface area (Å²) in [6.07, 6.45) is 1.12. The van der Waals surface area contributed by atoms with Gasteiger partial charge in [-0.25, -0.2) is 8.42 Å². The fourth-order valence-electron chi connectivity index (χ4n) is 3.25. The lowest BCUT2D eigenvalue weighted by Crippen LogP contribution is -2.46. The van der Waals surface area contributed by atoms with Crippen LogP contribution in [0.4, 0.5) is 11.4 Å². The number of carbonyl (C=O) groups is 1. The lowest BCUT2D eigenvalue weighted by molar-refractivity contribution is 0.102. The van der Waals surface area contributed by atoms with Crippen molar-refractivity contribution in [3.05, 3.63) is 53.1 Å². The maximum absolute atomic E-state index is 12.8. The van der Waals surface area contributed by atoms with Gasteiger partial charge in [-0.15, -0.1) is 0 Å². The molecule has 0 saturated carbocycles. The van der Waals surface area contributed by atoms with E-state index in [0.29, 0.717) is 10.7 Å². The number of benzene rings is 2. The van der Waals surface area contributed by atoms with Crippen LogP contribution in [0.25, 0.3) is 0 Å². The summed E-state index contributed by atoms with van der Waals surface area (Å²) in [5.41, 5.74) is 1.81. The molecule has 1 aliphatic heterocycles. The van der Waals surface area contributed by atoms with Crippen molar-refractivity contribution in [2.75, 3.05) is 49.2 Å². The van der Waals surface area contributed by atoms with Crippen LogP contribution in [0.15, 0.2) is 47.4 Å². The molecule has 0 aliphatic carbocycles. The molecule has 1 heterocycles. The van der Waals surface area contributed by atoms with Crippen LogP contribution >= 0.6 is 11.6 Å². The Bertz CT molecular complexity index is 970. The first-order valence-corrected chi connectivity index (χ1v) is 11.4. The Morgan fingerprint density at radius 2 is 1.82 bits per heavy atom. The van der Waals surface area contributed by atoms with Crippen molar-refractivity contribution in [1.82, 2.24) is 4.90 Å². The highest BCUT2D eigenvalue weighted by Gasteiger charge is 2.20. The number of amides is 1. The smallest absolute Gasteiger partial charge is 0.255 e. The maximum Gasteiger partial charge on any atom is 0.255 e. The van der Waals surface area contributed by atoms with E-state index in [-0.39, 0.29) is 16.4 Å². The Morgan fingerprint density at radius 1 is 1.11 bits per heavy atom. The van der Waals surface area contributed by atoms with E-state index in [0.717, 1.165) is 44.7 Å². The number of anilines is 2. The molecule has 150 valence electrons. The van der Waals surface area contributed by atoms with E-state index >= 15 is 0 Å². The molecule has 0 unspecified atom stereocenters. The van der Waals surface area contributed by atoms with Gasteiger partial charge < -0.3 is 15.1 Å². The first-order valence-electron chi connectivity index (χ1n) is 9.16. The molecular formula is C20H24ClN3O3S. The third-order valence-electron chi connectivity index (χ3n) is 4.89. The Balaban J connectivity index is 1.84. The van der Waals surface area contributed by atoms with Crippen molar-refractivity contribution in [3.63, 3.8) is 0 Å². The van der Waals surface area contributed by atoms with Gasteiger partial charge in [-0.1, -0.05) is 24.6 Å². The molecule has 1 aliphatic rings. The Labute approximate surface area is 171 Å². The number of hydrogen-bond donors (Lipinski definition) is 1. The predicted octanol–water partition coefficient (Wildman–Crippen LogP) is 3.14. The molecule has 0 spiro atoms. The molecule has 28 heavy (non-hydrogen) atoms. The summed E-state index contributed by atoms with van der Waals surface area (Å²) < 4.78 is 23.5. The van der Waals surface area contributed by atoms with Crippen LogP contribution in [0, 0.1) is 0 Å². The van der Waals surface area contributed by atoms with Gasteiger partial charge in [0.15, 0.2) is 9.84 Å². The van der Waals surface area contributed by atoms with Crippen molar-refractivity contribution in [1.29, 1.82) is 0 Å². The third kappa shape index (κ3) is 4.84. The summed E-state index contributed by atoms with van der Waals surface area (Å²) in [5, 5.41) is 3.42. The summed E-state index contributed by atoms with van der Waals surface area (Å²) >= 11 is 6.16. The number of nitrogens with one attached hydrogen (secondary N) is 1. The van der Waals surface area contributed by atoms with Crippen LogP contribution < -0.4 is 10.2 Å². The first kappa shape index (κ1) is 20.6. The van der Waals surface area contributed by atoms with Gasteiger partial charge in [0.05, 0.1) is 16.3 Å². The summed E-state index contributed by atoms with van der Waals surface area (Å²) in [6.45, 7) is 6.82. The number of piperazine rings is 1. The van der Waals surface area contributed by atoms with Crippen molar-refractivity contribution >= 4 is 38.7 Å². The lowest BCUT2D eigenvalue weighted by Gasteiger charge is -2.36. The average Bonchev–Trinajstić information content (AvgIpc) is 2.68. The molecule has 8 heteroatoms. The molecule has 1 saturated heterocycles. The van der Waals surface area contributed by atoms with E-state index in [1.807, 2.05) is 12.1 Å². The lowest BCUT2D eigenvalue weighted by atomic mass is 10.1. The largest absolute Gasteiger partial charge is 0.367 e. The second kappa shape index (κ2) is 8.51. The zero-order valence-corrected chi connectivity index (χ0v) is 17.6. The zero-order chi connectivity index (χ0) is 20.3. The van der Waals surface area contributed by atoms with E-state index < -0.39 is 9.84 Å². The quantitative estimate of drug-likeness (QED) is 0.803. The number of nitrogens with zero attached hydrogens (tertiary/aromatic N) is 2. The van der Waals surface area contributed by atoms with E-state index in [9.17, 15) is 13.2 Å². The van der Waals surface area contributed by atoms with Crippen LogP contribution in [-0.4, -0.2) is 58.2 Å². The molecule has 2 aromatic rings. The number of rotatable bonds is 5. The van der Waals surface area contributed by atoms with Gasteiger partial charge in [0, 0.05) is 43.0 Å². The topological polar surface area (TPSA) is 69.7 Å². The van der Waals surface area contributed by atoms with E-state index in [1.54, 1.807) is 18.2 Å². The SMILES string of the molecule is CCN1CCN(c2ccc(Cl)cc2NC(=O)c2cccc(S(C)(=O)=O)c2)CC1. The molecule has 1 N–H and O–H groups in total. The van der Waals surface area contributed by atoms with Gasteiger partial charge in [-0.3, -0.25) is 4.79 Å². The normalized spacial score (nSPS) is 15.5. The summed E-state index contributed by atoms with van der Waals surface area (Å²) in [5.74, 6) is -0.374. The number of hydrogen-bond acceptors (Lipinski definition) is 5. The average molecular weight is 422 g/mol. The molecular weight excluding hydrogens is 398 g/mol. The Morgan fingerprint density at radius 3 is 2.46 bits per heavy atom. The molecule has 0 aromatic heterocycles. The van der Waals surface area contributed by atoms with Gasteiger partial charge >= 0.3 is 0 Å².